The molecule has 1 aromatic carbocycles. The van der Waals surface area contributed by atoms with Crippen LogP contribution in [0.4, 0.5) is 17.6 Å². The summed E-state index contributed by atoms with van der Waals surface area (Å²) in [4.78, 5) is 9.54. The first-order chi connectivity index (χ1) is 10.00. The summed E-state index contributed by atoms with van der Waals surface area (Å²) >= 11 is 0. The van der Waals surface area contributed by atoms with E-state index in [9.17, 15) is 30.8 Å². The molecule has 1 aromatic rings. The van der Waals surface area contributed by atoms with E-state index >= 15 is 0 Å². The lowest BCUT2D eigenvalue weighted by Crippen LogP contribution is -2.37. The maximum Gasteiger partial charge on any atom is 0.417 e. The van der Waals surface area contributed by atoms with Crippen molar-refractivity contribution in [2.24, 2.45) is 0 Å². The van der Waals surface area contributed by atoms with Crippen molar-refractivity contribution in [2.75, 3.05) is 13.1 Å². The zero-order valence-electron chi connectivity index (χ0n) is 11.4. The van der Waals surface area contributed by atoms with E-state index in [0.717, 1.165) is 0 Å². The molecule has 1 rings (SSSR count). The number of carboxylic acids is 1. The van der Waals surface area contributed by atoms with Crippen molar-refractivity contribution < 1.29 is 35.9 Å². The summed E-state index contributed by atoms with van der Waals surface area (Å²) < 4.78 is 76.7. The molecule has 0 bridgehead atoms. The van der Waals surface area contributed by atoms with Gasteiger partial charge in [0.2, 0.25) is 10.0 Å². The number of hydrogen-bond acceptors (Lipinski definition) is 3. The van der Waals surface area contributed by atoms with Gasteiger partial charge >= 0.3 is 12.1 Å². The van der Waals surface area contributed by atoms with Gasteiger partial charge in [0.1, 0.15) is 12.4 Å². The molecule has 0 aliphatic carbocycles. The van der Waals surface area contributed by atoms with Gasteiger partial charge in [-0.2, -0.15) is 17.5 Å². The van der Waals surface area contributed by atoms with Crippen LogP contribution in [0, 0.1) is 5.82 Å². The third-order valence-corrected chi connectivity index (χ3v) is 4.55. The Kier molecular flexibility index (Phi) is 5.52. The molecule has 0 aliphatic heterocycles. The van der Waals surface area contributed by atoms with Crippen LogP contribution < -0.4 is 0 Å². The lowest BCUT2D eigenvalue weighted by atomic mass is 10.2. The second kappa shape index (κ2) is 6.61. The molecule has 0 unspecified atom stereocenters. The van der Waals surface area contributed by atoms with Gasteiger partial charge in [-0.05, 0) is 24.6 Å². The fourth-order valence-corrected chi connectivity index (χ4v) is 3.45. The molecule has 0 fully saturated rings. The molecule has 22 heavy (non-hydrogen) atoms. The quantitative estimate of drug-likeness (QED) is 0.805. The maximum absolute atomic E-state index is 13.0. The molecule has 10 heteroatoms. The van der Waals surface area contributed by atoms with Crippen molar-refractivity contribution >= 4 is 16.0 Å². The monoisotopic (exact) mass is 343 g/mol. The summed E-state index contributed by atoms with van der Waals surface area (Å²) in [5.74, 6) is -2.75. The molecule has 0 heterocycles. The molecule has 0 saturated carbocycles. The number of aliphatic carboxylic acids is 1. The van der Waals surface area contributed by atoms with Gasteiger partial charge in [-0.15, -0.1) is 0 Å². The van der Waals surface area contributed by atoms with E-state index in [-0.39, 0.29) is 19.0 Å². The largest absolute Gasteiger partial charge is 0.480 e. The van der Waals surface area contributed by atoms with Gasteiger partial charge in [0, 0.05) is 6.54 Å². The second-order valence-corrected chi connectivity index (χ2v) is 6.28. The van der Waals surface area contributed by atoms with Gasteiger partial charge in [0.15, 0.2) is 0 Å². The van der Waals surface area contributed by atoms with Crippen LogP contribution >= 0.6 is 0 Å². The van der Waals surface area contributed by atoms with Gasteiger partial charge in [0.25, 0.3) is 0 Å². The van der Waals surface area contributed by atoms with Crippen LogP contribution in [-0.4, -0.2) is 36.9 Å². The van der Waals surface area contributed by atoms with Gasteiger partial charge < -0.3 is 5.11 Å². The van der Waals surface area contributed by atoms with E-state index in [1.807, 2.05) is 0 Å². The van der Waals surface area contributed by atoms with Crippen LogP contribution in [0.5, 0.6) is 0 Å². The van der Waals surface area contributed by atoms with Crippen molar-refractivity contribution in [3.8, 4) is 0 Å². The molecule has 0 atom stereocenters. The Morgan fingerprint density at radius 2 is 1.91 bits per heavy atom. The van der Waals surface area contributed by atoms with Crippen molar-refractivity contribution in [2.45, 2.75) is 24.4 Å². The Bertz CT molecular complexity index is 658. The summed E-state index contributed by atoms with van der Waals surface area (Å²) in [5, 5.41) is 8.71. The van der Waals surface area contributed by atoms with E-state index in [4.69, 9.17) is 5.11 Å². The molecule has 1 N–H and O–H groups in total. The van der Waals surface area contributed by atoms with Gasteiger partial charge in [0.05, 0.1) is 10.5 Å². The summed E-state index contributed by atoms with van der Waals surface area (Å²) in [6.07, 6.45) is -4.89. The van der Waals surface area contributed by atoms with Crippen molar-refractivity contribution in [1.29, 1.82) is 0 Å². The van der Waals surface area contributed by atoms with E-state index in [1.54, 1.807) is 6.92 Å². The molecule has 124 valence electrons. The fraction of sp³-hybridized carbons (Fsp3) is 0.417. The normalized spacial score (nSPS) is 12.6. The second-order valence-electron chi connectivity index (χ2n) is 4.37. The van der Waals surface area contributed by atoms with Crippen LogP contribution in [0.2, 0.25) is 0 Å². The van der Waals surface area contributed by atoms with Crippen molar-refractivity contribution in [1.82, 2.24) is 4.31 Å². The predicted octanol–water partition coefficient (Wildman–Crippen LogP) is 2.33. The zero-order chi connectivity index (χ0) is 17.1. The molecular formula is C12H13F4NO4S. The minimum Gasteiger partial charge on any atom is -0.480 e. The van der Waals surface area contributed by atoms with Crippen LogP contribution in [0.3, 0.4) is 0 Å². The number of nitrogens with zero attached hydrogens (tertiary/aromatic N) is 1. The number of carbonyl (C=O) groups is 1. The Labute approximate surface area is 124 Å². The lowest BCUT2D eigenvalue weighted by Gasteiger charge is -2.22. The molecule has 0 spiro atoms. The summed E-state index contributed by atoms with van der Waals surface area (Å²) in [7, 11) is -4.72. The summed E-state index contributed by atoms with van der Waals surface area (Å²) in [6.45, 7) is 0.286. The molecule has 0 radical (unpaired) electrons. The minimum absolute atomic E-state index is 0.0672. The molecule has 0 aliphatic rings. The fourth-order valence-electron chi connectivity index (χ4n) is 1.77. The highest BCUT2D eigenvalue weighted by molar-refractivity contribution is 7.89. The highest BCUT2D eigenvalue weighted by Gasteiger charge is 2.39. The first-order valence-corrected chi connectivity index (χ1v) is 7.52. The first kappa shape index (κ1) is 18.4. The number of carboxylic acid groups (broad SMARTS) is 1. The third kappa shape index (κ3) is 4.17. The average Bonchev–Trinajstić information content (AvgIpc) is 2.36. The topological polar surface area (TPSA) is 74.7 Å². The van der Waals surface area contributed by atoms with E-state index in [2.05, 4.69) is 0 Å². The number of halogens is 4. The molecular weight excluding hydrogens is 330 g/mol. The van der Waals surface area contributed by atoms with Crippen molar-refractivity contribution in [3.63, 3.8) is 0 Å². The summed E-state index contributed by atoms with van der Waals surface area (Å²) in [6, 6.07) is 1.13. The van der Waals surface area contributed by atoms with Gasteiger partial charge in [-0.25, -0.2) is 12.8 Å². The predicted molar refractivity (Wildman–Crippen MR) is 68.1 cm³/mol. The Balaban J connectivity index is 3.47. The van der Waals surface area contributed by atoms with Crippen molar-refractivity contribution in [3.05, 3.63) is 29.6 Å². The first-order valence-electron chi connectivity index (χ1n) is 6.08. The van der Waals surface area contributed by atoms with Crippen LogP contribution in [-0.2, 0) is 21.0 Å². The standard InChI is InChI=1S/C12H13F4NO4S/c1-2-5-17(7-11(18)19)22(20,21)10-4-3-8(13)6-9(10)12(14,15)16/h3-4,6H,2,5,7H2,1H3,(H,18,19). The molecule has 0 saturated heterocycles. The number of alkyl halides is 3. The third-order valence-electron chi connectivity index (χ3n) is 2.65. The van der Waals surface area contributed by atoms with E-state index in [1.165, 1.54) is 0 Å². The Hall–Kier alpha value is -1.68. The zero-order valence-corrected chi connectivity index (χ0v) is 12.2. The number of hydrogen-bond donors (Lipinski definition) is 1. The van der Waals surface area contributed by atoms with Gasteiger partial charge in [-0.3, -0.25) is 4.79 Å². The van der Waals surface area contributed by atoms with Crippen LogP contribution in [0.15, 0.2) is 23.1 Å². The van der Waals surface area contributed by atoms with Crippen LogP contribution in [0.25, 0.3) is 0 Å². The number of rotatable bonds is 6. The number of benzene rings is 1. The van der Waals surface area contributed by atoms with E-state index < -0.39 is 45.0 Å². The highest BCUT2D eigenvalue weighted by atomic mass is 32.2. The smallest absolute Gasteiger partial charge is 0.417 e. The maximum atomic E-state index is 13.0. The van der Waals surface area contributed by atoms with Gasteiger partial charge in [-0.1, -0.05) is 6.92 Å². The molecule has 0 aromatic heterocycles. The van der Waals surface area contributed by atoms with Crippen LogP contribution in [0.1, 0.15) is 18.9 Å². The minimum atomic E-state index is -5.09. The highest BCUT2D eigenvalue weighted by Crippen LogP contribution is 2.35. The number of sulfonamides is 1. The molecule has 5 nitrogen and oxygen atoms in total. The molecule has 0 amide bonds. The summed E-state index contributed by atoms with van der Waals surface area (Å²) in [5.41, 5.74) is -1.67. The van der Waals surface area contributed by atoms with E-state index in [0.29, 0.717) is 16.4 Å². The SMILES string of the molecule is CCCN(CC(=O)O)S(=O)(=O)c1ccc(F)cc1C(F)(F)F. The Morgan fingerprint density at radius 3 is 2.36 bits per heavy atom. The average molecular weight is 343 g/mol. The Morgan fingerprint density at radius 1 is 1.32 bits per heavy atom. The lowest BCUT2D eigenvalue weighted by molar-refractivity contribution is -0.140.